The Balaban J connectivity index is 1.71. The van der Waals surface area contributed by atoms with Crippen LogP contribution in [-0.2, 0) is 15.2 Å². The lowest BCUT2D eigenvalue weighted by atomic mass is 9.55. The van der Waals surface area contributed by atoms with Crippen LogP contribution in [0.5, 0.6) is 5.75 Å². The lowest BCUT2D eigenvalue weighted by Crippen LogP contribution is -2.43. The van der Waals surface area contributed by atoms with Crippen LogP contribution in [0.15, 0.2) is 18.2 Å². The average molecular weight is 363 g/mol. The van der Waals surface area contributed by atoms with Crippen LogP contribution in [0.1, 0.15) is 60.9 Å². The minimum atomic E-state index is -4.87. The van der Waals surface area contributed by atoms with Gasteiger partial charge in [0.25, 0.3) is 10.4 Å². The normalized spacial score (nSPS) is 34.2. The number of ketones is 2. The molecule has 0 radical (unpaired) electrons. The van der Waals surface area contributed by atoms with Gasteiger partial charge in [0.1, 0.15) is 11.5 Å². The van der Waals surface area contributed by atoms with Crippen LogP contribution in [0, 0.1) is 17.3 Å². The third-order valence-electron chi connectivity index (χ3n) is 6.49. The zero-order valence-electron chi connectivity index (χ0n) is 13.9. The molecular formula is C18H19O6S-. The maximum absolute atomic E-state index is 12.7. The lowest BCUT2D eigenvalue weighted by Gasteiger charge is -2.47. The largest absolute Gasteiger partial charge is 0.716 e. The Morgan fingerprint density at radius 1 is 1.24 bits per heavy atom. The summed E-state index contributed by atoms with van der Waals surface area (Å²) in [6.07, 6.45) is 3.45. The summed E-state index contributed by atoms with van der Waals surface area (Å²) in [6.45, 7) is 2.04. The number of hydrogen-bond acceptors (Lipinski definition) is 6. The van der Waals surface area contributed by atoms with Gasteiger partial charge in [-0.1, -0.05) is 13.0 Å². The molecule has 3 aliphatic carbocycles. The van der Waals surface area contributed by atoms with E-state index in [0.717, 1.165) is 24.8 Å². The van der Waals surface area contributed by atoms with E-state index in [1.165, 1.54) is 12.1 Å². The highest BCUT2D eigenvalue weighted by molar-refractivity contribution is 7.81. The van der Waals surface area contributed by atoms with Gasteiger partial charge in [-0.25, -0.2) is 8.42 Å². The number of carbonyl (C=O) groups is 2. The first kappa shape index (κ1) is 16.7. The Kier molecular flexibility index (Phi) is 3.60. The fraction of sp³-hybridized carbons (Fsp3) is 0.556. The molecule has 7 heteroatoms. The van der Waals surface area contributed by atoms with E-state index in [1.54, 1.807) is 6.07 Å². The van der Waals surface area contributed by atoms with Gasteiger partial charge in [0.2, 0.25) is 0 Å². The Labute approximate surface area is 146 Å². The monoisotopic (exact) mass is 363 g/mol. The first-order chi connectivity index (χ1) is 11.7. The van der Waals surface area contributed by atoms with Gasteiger partial charge >= 0.3 is 0 Å². The maximum Gasteiger partial charge on any atom is 0.262 e. The highest BCUT2D eigenvalue weighted by Crippen LogP contribution is 2.59. The molecule has 6 nitrogen and oxygen atoms in total. The minimum Gasteiger partial charge on any atom is -0.716 e. The first-order valence-electron chi connectivity index (χ1n) is 8.55. The molecule has 0 aliphatic heterocycles. The second-order valence-corrected chi connectivity index (χ2v) is 8.65. The Bertz CT molecular complexity index is 874. The topological polar surface area (TPSA) is 101 Å². The zero-order valence-corrected chi connectivity index (χ0v) is 14.7. The first-order valence-corrected chi connectivity index (χ1v) is 9.88. The molecule has 2 saturated carbocycles. The minimum absolute atomic E-state index is 0.0754. The fourth-order valence-corrected chi connectivity index (χ4v) is 5.66. The molecule has 0 spiro atoms. The van der Waals surface area contributed by atoms with Gasteiger partial charge in [0.15, 0.2) is 5.78 Å². The second kappa shape index (κ2) is 5.38. The van der Waals surface area contributed by atoms with Crippen LogP contribution in [0.25, 0.3) is 0 Å². The number of benzene rings is 1. The van der Waals surface area contributed by atoms with E-state index in [1.807, 2.05) is 6.92 Å². The second-order valence-electron chi connectivity index (χ2n) is 7.66. The number of carbonyl (C=O) groups excluding carboxylic acids is 2. The molecule has 3 aliphatic rings. The quantitative estimate of drug-likeness (QED) is 0.591. The van der Waals surface area contributed by atoms with E-state index in [9.17, 15) is 22.6 Å². The van der Waals surface area contributed by atoms with Crippen LogP contribution in [0.4, 0.5) is 0 Å². The van der Waals surface area contributed by atoms with Crippen molar-refractivity contribution >= 4 is 22.0 Å². The van der Waals surface area contributed by atoms with Crippen LogP contribution in [-0.4, -0.2) is 24.5 Å². The van der Waals surface area contributed by atoms with Gasteiger partial charge in [0.05, 0.1) is 0 Å². The molecule has 0 bridgehead atoms. The summed E-state index contributed by atoms with van der Waals surface area (Å²) in [5.74, 6) is 0.688. The third-order valence-corrected chi connectivity index (χ3v) is 6.89. The third kappa shape index (κ3) is 2.60. The number of fused-ring (bicyclic) bond motifs is 5. The van der Waals surface area contributed by atoms with Crippen molar-refractivity contribution in [1.29, 1.82) is 0 Å². The lowest BCUT2D eigenvalue weighted by molar-refractivity contribution is -0.129. The molecule has 0 heterocycles. The van der Waals surface area contributed by atoms with Crippen molar-refractivity contribution in [3.05, 3.63) is 29.3 Å². The molecule has 0 amide bonds. The van der Waals surface area contributed by atoms with E-state index in [0.29, 0.717) is 24.2 Å². The molecule has 1 aromatic carbocycles. The summed E-state index contributed by atoms with van der Waals surface area (Å²) >= 11 is 0. The standard InChI is InChI=1S/C18H20O6S/c1-18-7-6-12-11-3-2-10(24-25(21,22)23)8-14(11)16(19)9-13(12)15(18)4-5-17(18)20/h2-3,8,12-13,15H,4-7,9H2,1H3,(H,21,22,23)/p-1/t12-,13-,15+,18+/m1/s1. The molecule has 0 saturated heterocycles. The maximum atomic E-state index is 12.7. The van der Waals surface area contributed by atoms with E-state index in [-0.39, 0.29) is 34.7 Å². The van der Waals surface area contributed by atoms with Gasteiger partial charge in [-0.2, -0.15) is 0 Å². The van der Waals surface area contributed by atoms with E-state index < -0.39 is 10.4 Å². The molecule has 134 valence electrons. The molecular weight excluding hydrogens is 344 g/mol. The van der Waals surface area contributed by atoms with Crippen LogP contribution in [0.3, 0.4) is 0 Å². The predicted molar refractivity (Wildman–Crippen MR) is 87.0 cm³/mol. The molecule has 2 fully saturated rings. The predicted octanol–water partition coefficient (Wildman–Crippen LogP) is 2.59. The number of rotatable bonds is 2. The van der Waals surface area contributed by atoms with E-state index in [4.69, 9.17) is 0 Å². The Morgan fingerprint density at radius 2 is 2.00 bits per heavy atom. The van der Waals surface area contributed by atoms with Crippen molar-refractivity contribution in [3.8, 4) is 5.75 Å². The van der Waals surface area contributed by atoms with Crippen molar-refractivity contribution in [2.45, 2.75) is 44.9 Å². The van der Waals surface area contributed by atoms with Crippen molar-refractivity contribution < 1.29 is 26.7 Å². The molecule has 0 unspecified atom stereocenters. The molecule has 4 atom stereocenters. The van der Waals surface area contributed by atoms with Crippen molar-refractivity contribution in [1.82, 2.24) is 0 Å². The molecule has 4 rings (SSSR count). The van der Waals surface area contributed by atoms with E-state index in [2.05, 4.69) is 4.18 Å². The van der Waals surface area contributed by atoms with Gasteiger partial charge in [-0.15, -0.1) is 0 Å². The van der Waals surface area contributed by atoms with Gasteiger partial charge in [0, 0.05) is 23.8 Å². The summed E-state index contributed by atoms with van der Waals surface area (Å²) < 4.78 is 36.7. The highest BCUT2D eigenvalue weighted by atomic mass is 32.3. The molecule has 0 aromatic heterocycles. The molecule has 25 heavy (non-hydrogen) atoms. The summed E-state index contributed by atoms with van der Waals surface area (Å²) in [7, 11) is -4.87. The summed E-state index contributed by atoms with van der Waals surface area (Å²) in [5.41, 5.74) is 1.02. The molecule has 0 N–H and O–H groups in total. The summed E-state index contributed by atoms with van der Waals surface area (Å²) in [5, 5.41) is 0. The van der Waals surface area contributed by atoms with Crippen molar-refractivity contribution in [2.75, 3.05) is 0 Å². The van der Waals surface area contributed by atoms with Gasteiger partial charge in [-0.05, 0) is 54.7 Å². The summed E-state index contributed by atoms with van der Waals surface area (Å²) in [6, 6.07) is 4.48. The van der Waals surface area contributed by atoms with E-state index >= 15 is 0 Å². The zero-order chi connectivity index (χ0) is 18.0. The van der Waals surface area contributed by atoms with Crippen molar-refractivity contribution in [2.24, 2.45) is 17.3 Å². The van der Waals surface area contributed by atoms with Crippen LogP contribution >= 0.6 is 0 Å². The van der Waals surface area contributed by atoms with Crippen LogP contribution in [0.2, 0.25) is 0 Å². The fourth-order valence-electron chi connectivity index (χ4n) is 5.32. The number of hydrogen-bond donors (Lipinski definition) is 0. The Hall–Kier alpha value is -1.73. The smallest absolute Gasteiger partial charge is 0.262 e. The summed E-state index contributed by atoms with van der Waals surface area (Å²) in [4.78, 5) is 25.0. The Morgan fingerprint density at radius 3 is 2.72 bits per heavy atom. The van der Waals surface area contributed by atoms with Gasteiger partial charge in [-0.3, -0.25) is 9.59 Å². The number of Topliss-reactive ketones (excluding diaryl/α,β-unsaturated/α-hetero) is 2. The average Bonchev–Trinajstić information content (AvgIpc) is 2.82. The van der Waals surface area contributed by atoms with Gasteiger partial charge < -0.3 is 8.74 Å². The van der Waals surface area contributed by atoms with Crippen molar-refractivity contribution in [3.63, 3.8) is 0 Å². The molecule has 1 aromatic rings. The highest BCUT2D eigenvalue weighted by Gasteiger charge is 2.55. The van der Waals surface area contributed by atoms with Crippen LogP contribution < -0.4 is 4.18 Å². The SMILES string of the molecule is C[C@]12CC[C@@H]3c4ccc(OS(=O)(=O)[O-])cc4C(=O)C[C@H]3[C@@H]1CCC2=O.